The minimum absolute atomic E-state index is 0.0633. The summed E-state index contributed by atoms with van der Waals surface area (Å²) in [7, 11) is 3.11. The first kappa shape index (κ1) is 22.5. The largest absolute Gasteiger partial charge is 0.502 e. The molecule has 0 spiro atoms. The molecular formula is C18H28N2O7. The molecule has 1 aromatic rings. The van der Waals surface area contributed by atoms with Crippen LogP contribution in [0.1, 0.15) is 19.4 Å². The molecule has 1 fully saturated rings. The fraction of sp³-hybridized carbons (Fsp3) is 0.556. The molecule has 1 aromatic carbocycles. The highest BCUT2D eigenvalue weighted by Gasteiger charge is 2.20. The summed E-state index contributed by atoms with van der Waals surface area (Å²) in [6, 6.07) is 4.38. The van der Waals surface area contributed by atoms with E-state index in [1.54, 1.807) is 14.2 Å². The number of piperazine rings is 1. The summed E-state index contributed by atoms with van der Waals surface area (Å²) in [6.07, 6.45) is 0. The number of phenols is 1. The van der Waals surface area contributed by atoms with Gasteiger partial charge in [0.25, 0.3) is 0 Å². The average molecular weight is 384 g/mol. The number of carboxylic acid groups (broad SMARTS) is 2. The second-order valence-corrected chi connectivity index (χ2v) is 6.37. The second-order valence-electron chi connectivity index (χ2n) is 6.37. The standard InChI is InChI=1S/C16H26N2O3.C2H2O4/c1-12(2)18-7-5-17(6-8-18)11-13-9-14(20-3)16(19)15(10-13)21-4;3-1(4)2(5)6/h9-10,12,19H,5-8,11H2,1-4H3;(H,3,4)(H,5,6). The third-order valence-electron chi connectivity index (χ3n) is 4.27. The van der Waals surface area contributed by atoms with Crippen LogP contribution in [0.4, 0.5) is 0 Å². The summed E-state index contributed by atoms with van der Waals surface area (Å²) in [5, 5.41) is 24.7. The van der Waals surface area contributed by atoms with E-state index in [9.17, 15) is 5.11 Å². The van der Waals surface area contributed by atoms with Crippen LogP contribution in [-0.2, 0) is 16.1 Å². The van der Waals surface area contributed by atoms with Crippen molar-refractivity contribution in [3.63, 3.8) is 0 Å². The van der Waals surface area contributed by atoms with Gasteiger partial charge >= 0.3 is 11.9 Å². The molecule has 27 heavy (non-hydrogen) atoms. The van der Waals surface area contributed by atoms with Crippen LogP contribution in [0.25, 0.3) is 0 Å². The Morgan fingerprint density at radius 1 is 1.00 bits per heavy atom. The first-order chi connectivity index (χ1) is 12.7. The van der Waals surface area contributed by atoms with Gasteiger partial charge < -0.3 is 24.8 Å². The molecule has 0 atom stereocenters. The molecule has 0 aromatic heterocycles. The number of aromatic hydroxyl groups is 1. The smallest absolute Gasteiger partial charge is 0.414 e. The molecule has 1 aliphatic heterocycles. The highest BCUT2D eigenvalue weighted by Crippen LogP contribution is 2.37. The van der Waals surface area contributed by atoms with Gasteiger partial charge in [0.1, 0.15) is 0 Å². The van der Waals surface area contributed by atoms with Gasteiger partial charge in [0.05, 0.1) is 14.2 Å². The van der Waals surface area contributed by atoms with Crippen molar-refractivity contribution in [3.8, 4) is 17.2 Å². The zero-order valence-corrected chi connectivity index (χ0v) is 16.1. The van der Waals surface area contributed by atoms with Crippen molar-refractivity contribution in [2.24, 2.45) is 0 Å². The predicted octanol–water partition coefficient (Wildman–Crippen LogP) is 1.09. The second kappa shape index (κ2) is 10.6. The molecule has 3 N–H and O–H groups in total. The van der Waals surface area contributed by atoms with E-state index in [1.807, 2.05) is 12.1 Å². The number of carbonyl (C=O) groups is 2. The van der Waals surface area contributed by atoms with Crippen LogP contribution in [0.5, 0.6) is 17.2 Å². The Labute approximate surface area is 158 Å². The Kier molecular flexibility index (Phi) is 8.83. The van der Waals surface area contributed by atoms with E-state index in [2.05, 4.69) is 23.6 Å². The first-order valence-corrected chi connectivity index (χ1v) is 8.56. The van der Waals surface area contributed by atoms with E-state index in [0.717, 1.165) is 38.3 Å². The van der Waals surface area contributed by atoms with Crippen LogP contribution < -0.4 is 9.47 Å². The summed E-state index contributed by atoms with van der Waals surface area (Å²) in [6.45, 7) is 9.65. The maximum atomic E-state index is 9.94. The molecule has 0 bridgehead atoms. The molecule has 0 saturated carbocycles. The normalized spacial score (nSPS) is 15.0. The maximum Gasteiger partial charge on any atom is 0.414 e. The minimum Gasteiger partial charge on any atom is -0.502 e. The van der Waals surface area contributed by atoms with Crippen molar-refractivity contribution in [1.82, 2.24) is 9.80 Å². The molecule has 2 rings (SSSR count). The van der Waals surface area contributed by atoms with Gasteiger partial charge in [-0.3, -0.25) is 9.80 Å². The number of aliphatic carboxylic acids is 2. The number of nitrogens with zero attached hydrogens (tertiary/aromatic N) is 2. The van der Waals surface area contributed by atoms with Gasteiger partial charge in [-0.1, -0.05) is 0 Å². The molecule has 0 unspecified atom stereocenters. The van der Waals surface area contributed by atoms with Gasteiger partial charge in [-0.05, 0) is 31.5 Å². The number of methoxy groups -OCH3 is 2. The van der Waals surface area contributed by atoms with E-state index in [0.29, 0.717) is 17.5 Å². The Morgan fingerprint density at radius 2 is 1.44 bits per heavy atom. The van der Waals surface area contributed by atoms with E-state index in [1.165, 1.54) is 0 Å². The zero-order valence-electron chi connectivity index (χ0n) is 16.1. The molecule has 1 heterocycles. The van der Waals surface area contributed by atoms with Crippen molar-refractivity contribution in [2.75, 3.05) is 40.4 Å². The SMILES string of the molecule is COc1cc(CN2CCN(C(C)C)CC2)cc(OC)c1O.O=C(O)C(=O)O. The Balaban J connectivity index is 0.000000527. The van der Waals surface area contributed by atoms with Crippen LogP contribution in [0.2, 0.25) is 0 Å². The lowest BCUT2D eigenvalue weighted by Crippen LogP contribution is -2.48. The fourth-order valence-corrected chi connectivity index (χ4v) is 2.74. The minimum atomic E-state index is -1.82. The monoisotopic (exact) mass is 384 g/mol. The lowest BCUT2D eigenvalue weighted by molar-refractivity contribution is -0.159. The average Bonchev–Trinajstić information content (AvgIpc) is 2.63. The van der Waals surface area contributed by atoms with Crippen molar-refractivity contribution in [3.05, 3.63) is 17.7 Å². The fourth-order valence-electron chi connectivity index (χ4n) is 2.74. The number of ether oxygens (including phenoxy) is 2. The Hall–Kier alpha value is -2.52. The van der Waals surface area contributed by atoms with Crippen LogP contribution >= 0.6 is 0 Å². The van der Waals surface area contributed by atoms with Crippen molar-refractivity contribution < 1.29 is 34.4 Å². The quantitative estimate of drug-likeness (QED) is 0.641. The highest BCUT2D eigenvalue weighted by molar-refractivity contribution is 6.27. The van der Waals surface area contributed by atoms with E-state index in [4.69, 9.17) is 29.3 Å². The molecule has 9 nitrogen and oxygen atoms in total. The molecular weight excluding hydrogens is 356 g/mol. The topological polar surface area (TPSA) is 120 Å². The number of hydrogen-bond donors (Lipinski definition) is 3. The van der Waals surface area contributed by atoms with Crippen LogP contribution in [0.3, 0.4) is 0 Å². The van der Waals surface area contributed by atoms with Crippen LogP contribution in [0.15, 0.2) is 12.1 Å². The van der Waals surface area contributed by atoms with E-state index >= 15 is 0 Å². The van der Waals surface area contributed by atoms with Gasteiger partial charge in [0, 0.05) is 38.8 Å². The molecule has 1 aliphatic rings. The number of phenolic OH excluding ortho intramolecular Hbond substituents is 1. The van der Waals surface area contributed by atoms with Gasteiger partial charge in [0.2, 0.25) is 5.75 Å². The van der Waals surface area contributed by atoms with Gasteiger partial charge in [0.15, 0.2) is 11.5 Å². The number of hydrogen-bond acceptors (Lipinski definition) is 7. The maximum absolute atomic E-state index is 9.94. The molecule has 0 radical (unpaired) electrons. The Morgan fingerprint density at radius 3 is 1.78 bits per heavy atom. The summed E-state index contributed by atoms with van der Waals surface area (Å²) in [5.74, 6) is -2.66. The third kappa shape index (κ3) is 6.95. The summed E-state index contributed by atoms with van der Waals surface area (Å²) in [5.41, 5.74) is 1.10. The molecule has 152 valence electrons. The Bertz CT molecular complexity index is 604. The van der Waals surface area contributed by atoms with Gasteiger partial charge in [-0.25, -0.2) is 9.59 Å². The summed E-state index contributed by atoms with van der Waals surface area (Å²) < 4.78 is 10.4. The van der Waals surface area contributed by atoms with E-state index < -0.39 is 11.9 Å². The predicted molar refractivity (Wildman–Crippen MR) is 98.5 cm³/mol. The molecule has 1 saturated heterocycles. The van der Waals surface area contributed by atoms with Crippen LogP contribution in [-0.4, -0.2) is 83.5 Å². The number of benzene rings is 1. The zero-order chi connectivity index (χ0) is 20.6. The summed E-state index contributed by atoms with van der Waals surface area (Å²) in [4.78, 5) is 23.1. The van der Waals surface area contributed by atoms with Crippen LogP contribution in [0, 0.1) is 0 Å². The van der Waals surface area contributed by atoms with Crippen molar-refractivity contribution in [1.29, 1.82) is 0 Å². The lowest BCUT2D eigenvalue weighted by Gasteiger charge is -2.37. The van der Waals surface area contributed by atoms with Crippen molar-refractivity contribution in [2.45, 2.75) is 26.4 Å². The highest BCUT2D eigenvalue weighted by atomic mass is 16.5. The van der Waals surface area contributed by atoms with Gasteiger partial charge in [-0.2, -0.15) is 0 Å². The molecule has 0 aliphatic carbocycles. The van der Waals surface area contributed by atoms with E-state index in [-0.39, 0.29) is 5.75 Å². The first-order valence-electron chi connectivity index (χ1n) is 8.56. The molecule has 9 heteroatoms. The van der Waals surface area contributed by atoms with Gasteiger partial charge in [-0.15, -0.1) is 0 Å². The molecule has 0 amide bonds. The summed E-state index contributed by atoms with van der Waals surface area (Å²) >= 11 is 0. The third-order valence-corrected chi connectivity index (χ3v) is 4.27. The number of rotatable bonds is 5. The lowest BCUT2D eigenvalue weighted by atomic mass is 10.1. The van der Waals surface area contributed by atoms with Crippen molar-refractivity contribution >= 4 is 11.9 Å². The number of carboxylic acids is 2.